The van der Waals surface area contributed by atoms with Gasteiger partial charge in [0.05, 0.1) is 16.3 Å². The fourth-order valence-electron chi connectivity index (χ4n) is 2.81. The van der Waals surface area contributed by atoms with Crippen LogP contribution in [0.1, 0.15) is 37.2 Å². The number of aromatic nitrogens is 1. The van der Waals surface area contributed by atoms with Gasteiger partial charge in [0.25, 0.3) is 0 Å². The van der Waals surface area contributed by atoms with E-state index in [1.165, 1.54) is 29.0 Å². The maximum absolute atomic E-state index is 4.74. The number of nitrogens with one attached hydrogen (secondary N) is 1. The Hall–Kier alpha value is -0.580. The van der Waals surface area contributed by atoms with Crippen LogP contribution in [0.15, 0.2) is 24.3 Å². The van der Waals surface area contributed by atoms with Crippen LogP contribution in [-0.4, -0.2) is 22.5 Å². The number of thioether (sulfide) groups is 1. The molecule has 102 valence electrons. The van der Waals surface area contributed by atoms with E-state index in [0.29, 0.717) is 12.1 Å². The topological polar surface area (TPSA) is 24.9 Å². The van der Waals surface area contributed by atoms with E-state index < -0.39 is 0 Å². The monoisotopic (exact) mass is 292 g/mol. The van der Waals surface area contributed by atoms with E-state index in [-0.39, 0.29) is 0 Å². The van der Waals surface area contributed by atoms with Crippen molar-refractivity contribution >= 4 is 33.3 Å². The molecule has 4 heteroatoms. The largest absolute Gasteiger partial charge is 0.305 e. The minimum absolute atomic E-state index is 0.364. The number of para-hydroxylation sites is 1. The van der Waals surface area contributed by atoms with E-state index in [4.69, 9.17) is 4.98 Å². The maximum Gasteiger partial charge on any atom is 0.111 e. The van der Waals surface area contributed by atoms with Crippen LogP contribution in [0.3, 0.4) is 0 Å². The van der Waals surface area contributed by atoms with Crippen molar-refractivity contribution in [3.05, 3.63) is 29.3 Å². The van der Waals surface area contributed by atoms with Crippen LogP contribution in [0.4, 0.5) is 0 Å². The standard InChI is InChI=1S/C15H20N2S2/c1-10(16-11-7-8-12(9-11)18-2)15-17-13-5-3-4-6-14(13)19-15/h3-6,10-12,16H,7-9H2,1-2H3. The average molecular weight is 292 g/mol. The third kappa shape index (κ3) is 2.96. The second-order valence-corrected chi connectivity index (χ2v) is 7.48. The first-order valence-corrected chi connectivity index (χ1v) is 9.01. The van der Waals surface area contributed by atoms with Crippen molar-refractivity contribution in [3.63, 3.8) is 0 Å². The van der Waals surface area contributed by atoms with Gasteiger partial charge in [0.2, 0.25) is 0 Å². The fraction of sp³-hybridized carbons (Fsp3) is 0.533. The van der Waals surface area contributed by atoms with Crippen molar-refractivity contribution in [2.75, 3.05) is 6.26 Å². The zero-order valence-corrected chi connectivity index (χ0v) is 13.1. The predicted octanol–water partition coefficient (Wildman–Crippen LogP) is 4.23. The van der Waals surface area contributed by atoms with Crippen LogP contribution in [-0.2, 0) is 0 Å². The molecule has 1 aliphatic carbocycles. The average Bonchev–Trinajstić information content (AvgIpc) is 3.04. The molecule has 2 aromatic rings. The van der Waals surface area contributed by atoms with E-state index in [9.17, 15) is 0 Å². The van der Waals surface area contributed by atoms with Crippen LogP contribution in [0.25, 0.3) is 10.2 Å². The number of thiazole rings is 1. The maximum atomic E-state index is 4.74. The molecule has 19 heavy (non-hydrogen) atoms. The van der Waals surface area contributed by atoms with Crippen molar-refractivity contribution in [2.24, 2.45) is 0 Å². The molecule has 1 saturated carbocycles. The summed E-state index contributed by atoms with van der Waals surface area (Å²) < 4.78 is 1.29. The molecule has 1 aromatic heterocycles. The van der Waals surface area contributed by atoms with Gasteiger partial charge < -0.3 is 5.32 Å². The van der Waals surface area contributed by atoms with Gasteiger partial charge in [0, 0.05) is 11.3 Å². The Balaban J connectivity index is 1.68. The number of hydrogen-bond donors (Lipinski definition) is 1. The van der Waals surface area contributed by atoms with Crippen LogP contribution >= 0.6 is 23.1 Å². The number of hydrogen-bond acceptors (Lipinski definition) is 4. The molecule has 0 spiro atoms. The fourth-order valence-corrected chi connectivity index (χ4v) is 4.58. The van der Waals surface area contributed by atoms with Crippen LogP contribution < -0.4 is 5.32 Å². The van der Waals surface area contributed by atoms with Crippen LogP contribution in [0, 0.1) is 0 Å². The quantitative estimate of drug-likeness (QED) is 0.913. The Morgan fingerprint density at radius 1 is 1.37 bits per heavy atom. The Morgan fingerprint density at radius 2 is 2.21 bits per heavy atom. The van der Waals surface area contributed by atoms with Crippen molar-refractivity contribution in [2.45, 2.75) is 43.5 Å². The predicted molar refractivity (Wildman–Crippen MR) is 86.1 cm³/mol. The van der Waals surface area contributed by atoms with E-state index in [0.717, 1.165) is 10.8 Å². The number of benzene rings is 1. The summed E-state index contributed by atoms with van der Waals surface area (Å²) in [6, 6.07) is 9.43. The summed E-state index contributed by atoms with van der Waals surface area (Å²) in [5.41, 5.74) is 1.13. The van der Waals surface area contributed by atoms with E-state index in [2.05, 4.69) is 42.8 Å². The lowest BCUT2D eigenvalue weighted by Gasteiger charge is -2.17. The van der Waals surface area contributed by atoms with E-state index >= 15 is 0 Å². The van der Waals surface area contributed by atoms with Gasteiger partial charge in [-0.2, -0.15) is 11.8 Å². The first kappa shape index (κ1) is 13.4. The second kappa shape index (κ2) is 5.81. The summed E-state index contributed by atoms with van der Waals surface area (Å²) in [5.74, 6) is 0. The Labute approximate surface area is 123 Å². The summed E-state index contributed by atoms with van der Waals surface area (Å²) in [5, 5.41) is 5.82. The van der Waals surface area contributed by atoms with Gasteiger partial charge in [-0.15, -0.1) is 11.3 Å². The Kier molecular flexibility index (Phi) is 4.10. The SMILES string of the molecule is CSC1CCC(NC(C)c2nc3ccccc3s2)C1. The summed E-state index contributed by atoms with van der Waals surface area (Å²) >= 11 is 3.83. The third-order valence-corrected chi connectivity index (χ3v) is 6.20. The highest BCUT2D eigenvalue weighted by Crippen LogP contribution is 2.31. The molecule has 2 nitrogen and oxygen atoms in total. The molecule has 0 aliphatic heterocycles. The molecule has 3 atom stereocenters. The van der Waals surface area contributed by atoms with Gasteiger partial charge in [0.15, 0.2) is 0 Å². The molecular formula is C15H20N2S2. The number of nitrogens with zero attached hydrogens (tertiary/aromatic N) is 1. The lowest BCUT2D eigenvalue weighted by atomic mass is 10.2. The zero-order chi connectivity index (χ0) is 13.2. The summed E-state index contributed by atoms with van der Waals surface area (Å²) in [6.07, 6.45) is 6.19. The zero-order valence-electron chi connectivity index (χ0n) is 11.4. The van der Waals surface area contributed by atoms with Gasteiger partial charge >= 0.3 is 0 Å². The van der Waals surface area contributed by atoms with Gasteiger partial charge in [-0.1, -0.05) is 12.1 Å². The van der Waals surface area contributed by atoms with Crippen molar-refractivity contribution < 1.29 is 0 Å². The van der Waals surface area contributed by atoms with Crippen molar-refractivity contribution in [1.29, 1.82) is 0 Å². The first-order chi connectivity index (χ1) is 9.26. The summed E-state index contributed by atoms with van der Waals surface area (Å²) in [7, 11) is 0. The molecule has 1 aromatic carbocycles. The lowest BCUT2D eigenvalue weighted by molar-refractivity contribution is 0.461. The highest BCUT2D eigenvalue weighted by atomic mass is 32.2. The Bertz CT molecular complexity index is 519. The Morgan fingerprint density at radius 3 is 2.95 bits per heavy atom. The molecule has 1 fully saturated rings. The van der Waals surface area contributed by atoms with Crippen molar-refractivity contribution in [1.82, 2.24) is 10.3 Å². The van der Waals surface area contributed by atoms with E-state index in [1.54, 1.807) is 0 Å². The van der Waals surface area contributed by atoms with Gasteiger partial charge in [-0.25, -0.2) is 4.98 Å². The normalized spacial score (nSPS) is 24.9. The third-order valence-electron chi connectivity index (χ3n) is 3.88. The summed E-state index contributed by atoms with van der Waals surface area (Å²) in [6.45, 7) is 2.24. The van der Waals surface area contributed by atoms with Crippen molar-refractivity contribution in [3.8, 4) is 0 Å². The van der Waals surface area contributed by atoms with Gasteiger partial charge in [-0.05, 0) is 44.6 Å². The highest BCUT2D eigenvalue weighted by Gasteiger charge is 2.25. The van der Waals surface area contributed by atoms with Gasteiger partial charge in [-0.3, -0.25) is 0 Å². The molecule has 3 unspecified atom stereocenters. The highest BCUT2D eigenvalue weighted by molar-refractivity contribution is 7.99. The second-order valence-electron chi connectivity index (χ2n) is 5.28. The molecular weight excluding hydrogens is 272 g/mol. The summed E-state index contributed by atoms with van der Waals surface area (Å²) in [4.78, 5) is 4.74. The molecule has 0 radical (unpaired) electrons. The van der Waals surface area contributed by atoms with Crippen LogP contribution in [0.2, 0.25) is 0 Å². The first-order valence-electron chi connectivity index (χ1n) is 6.90. The lowest BCUT2D eigenvalue weighted by Crippen LogP contribution is -2.29. The minimum Gasteiger partial charge on any atom is -0.305 e. The molecule has 1 N–H and O–H groups in total. The van der Waals surface area contributed by atoms with Crippen LogP contribution in [0.5, 0.6) is 0 Å². The number of rotatable bonds is 4. The molecule has 0 saturated heterocycles. The smallest absolute Gasteiger partial charge is 0.111 e. The molecule has 1 heterocycles. The minimum atomic E-state index is 0.364. The molecule has 3 rings (SSSR count). The van der Waals surface area contributed by atoms with E-state index in [1.807, 2.05) is 23.1 Å². The molecule has 0 amide bonds. The van der Waals surface area contributed by atoms with Gasteiger partial charge in [0.1, 0.15) is 5.01 Å². The molecule has 1 aliphatic rings. The number of fused-ring (bicyclic) bond motifs is 1. The molecule has 0 bridgehead atoms.